The van der Waals surface area contributed by atoms with Gasteiger partial charge in [0.1, 0.15) is 18.9 Å². The third-order valence-electron chi connectivity index (χ3n) is 6.03. The molecule has 0 atom stereocenters. The van der Waals surface area contributed by atoms with E-state index in [-0.39, 0.29) is 5.97 Å². The fourth-order valence-corrected chi connectivity index (χ4v) is 4.11. The average Bonchev–Trinajstić information content (AvgIpc) is 3.27. The van der Waals surface area contributed by atoms with Gasteiger partial charge in [-0.1, -0.05) is 66.7 Å². The number of aryl methyl sites for hydroxylation is 1. The van der Waals surface area contributed by atoms with E-state index in [4.69, 9.17) is 19.2 Å². The Morgan fingerprint density at radius 3 is 2.14 bits per heavy atom. The van der Waals surface area contributed by atoms with E-state index >= 15 is 0 Å². The number of hydrogen-bond donors (Lipinski definition) is 0. The number of pyridine rings is 1. The summed E-state index contributed by atoms with van der Waals surface area (Å²) in [6.45, 7) is 0.792. The van der Waals surface area contributed by atoms with Crippen LogP contribution in [0, 0.1) is 0 Å². The van der Waals surface area contributed by atoms with Crippen molar-refractivity contribution in [2.24, 2.45) is 7.05 Å². The molecule has 0 fully saturated rings. The minimum Gasteiger partial charge on any atom is -0.473 e. The Labute approximate surface area is 209 Å². The second kappa shape index (κ2) is 10.4. The van der Waals surface area contributed by atoms with Gasteiger partial charge in [-0.2, -0.15) is 4.98 Å². The molecule has 3 aromatic carbocycles. The Bertz CT molecular complexity index is 1490. The van der Waals surface area contributed by atoms with Crippen molar-refractivity contribution in [3.05, 3.63) is 114 Å². The normalized spacial score (nSPS) is 10.8. The van der Waals surface area contributed by atoms with Gasteiger partial charge in [0.15, 0.2) is 0 Å². The molecule has 0 aliphatic rings. The second-order valence-corrected chi connectivity index (χ2v) is 8.40. The average molecular weight is 479 g/mol. The number of carbonyl (C=O) groups excluding carboxylic acids is 1. The molecule has 36 heavy (non-hydrogen) atoms. The smallest absolute Gasteiger partial charge is 0.354 e. The van der Waals surface area contributed by atoms with Gasteiger partial charge in [0.2, 0.25) is 11.8 Å². The first kappa shape index (κ1) is 23.2. The summed E-state index contributed by atoms with van der Waals surface area (Å²) in [6, 6.07) is 31.6. The molecule has 0 amide bonds. The minimum atomic E-state index is -0.372. The highest BCUT2D eigenvalue weighted by Gasteiger charge is 2.16. The Balaban J connectivity index is 1.48. The van der Waals surface area contributed by atoms with Crippen molar-refractivity contribution in [3.8, 4) is 22.9 Å². The van der Waals surface area contributed by atoms with Crippen LogP contribution in [0.3, 0.4) is 0 Å². The van der Waals surface area contributed by atoms with E-state index < -0.39 is 0 Å². The highest BCUT2D eigenvalue weighted by Crippen LogP contribution is 2.34. The van der Waals surface area contributed by atoms with E-state index in [0.29, 0.717) is 30.7 Å². The van der Waals surface area contributed by atoms with Gasteiger partial charge in [-0.05, 0) is 41.0 Å². The van der Waals surface area contributed by atoms with E-state index in [2.05, 4.69) is 0 Å². The van der Waals surface area contributed by atoms with Crippen molar-refractivity contribution in [3.63, 3.8) is 0 Å². The Morgan fingerprint density at radius 1 is 0.806 bits per heavy atom. The van der Waals surface area contributed by atoms with Crippen LogP contribution in [0.5, 0.6) is 11.8 Å². The number of methoxy groups -OCH3 is 1. The zero-order valence-corrected chi connectivity index (χ0v) is 20.2. The molecule has 180 valence electrons. The lowest BCUT2D eigenvalue weighted by Crippen LogP contribution is -2.06. The topological polar surface area (TPSA) is 62.6 Å². The summed E-state index contributed by atoms with van der Waals surface area (Å²) < 4.78 is 18.9. The first-order valence-corrected chi connectivity index (χ1v) is 11.6. The maximum Gasteiger partial charge on any atom is 0.354 e. The molecule has 0 saturated carbocycles. The van der Waals surface area contributed by atoms with Gasteiger partial charge in [-0.3, -0.25) is 0 Å². The summed E-state index contributed by atoms with van der Waals surface area (Å²) in [5.74, 6) is 0.594. The van der Waals surface area contributed by atoms with Crippen LogP contribution in [0.2, 0.25) is 0 Å². The maximum absolute atomic E-state index is 12.1. The van der Waals surface area contributed by atoms with Gasteiger partial charge in [0.05, 0.1) is 7.11 Å². The molecular weight excluding hydrogens is 452 g/mol. The predicted molar refractivity (Wildman–Crippen MR) is 139 cm³/mol. The number of fused-ring (bicyclic) bond motifs is 1. The Kier molecular flexibility index (Phi) is 6.67. The Morgan fingerprint density at radius 2 is 1.47 bits per heavy atom. The molecule has 0 bridgehead atoms. The second-order valence-electron chi connectivity index (χ2n) is 8.40. The van der Waals surface area contributed by atoms with Crippen molar-refractivity contribution in [2.75, 3.05) is 7.11 Å². The highest BCUT2D eigenvalue weighted by molar-refractivity contribution is 5.97. The summed E-state index contributed by atoms with van der Waals surface area (Å²) in [6.07, 6.45) is 0. The lowest BCUT2D eigenvalue weighted by Gasteiger charge is -2.13. The molecule has 0 aliphatic carbocycles. The van der Waals surface area contributed by atoms with E-state index in [1.165, 1.54) is 7.11 Å². The molecule has 0 unspecified atom stereocenters. The van der Waals surface area contributed by atoms with Crippen molar-refractivity contribution < 1.29 is 19.0 Å². The van der Waals surface area contributed by atoms with Gasteiger partial charge in [0, 0.05) is 29.6 Å². The van der Waals surface area contributed by atoms with Crippen molar-refractivity contribution in [1.82, 2.24) is 9.55 Å². The molecule has 2 heterocycles. The molecule has 5 rings (SSSR count). The molecule has 5 aromatic rings. The van der Waals surface area contributed by atoms with Crippen LogP contribution in [0.4, 0.5) is 0 Å². The lowest BCUT2D eigenvalue weighted by atomic mass is 10.0. The maximum atomic E-state index is 12.1. The molecule has 0 radical (unpaired) electrons. The number of nitrogens with zero attached hydrogens (tertiary/aromatic N) is 2. The van der Waals surface area contributed by atoms with Crippen LogP contribution in [-0.2, 0) is 25.0 Å². The quantitative estimate of drug-likeness (QED) is 0.249. The number of aromatic nitrogens is 2. The fourth-order valence-electron chi connectivity index (χ4n) is 4.11. The largest absolute Gasteiger partial charge is 0.473 e. The van der Waals surface area contributed by atoms with Gasteiger partial charge < -0.3 is 18.8 Å². The summed E-state index contributed by atoms with van der Waals surface area (Å²) in [7, 11) is 3.23. The third kappa shape index (κ3) is 4.93. The summed E-state index contributed by atoms with van der Waals surface area (Å²) in [4.78, 5) is 16.8. The van der Waals surface area contributed by atoms with Crippen molar-refractivity contribution in [2.45, 2.75) is 13.2 Å². The fraction of sp³-hybridized carbons (Fsp3) is 0.133. The highest BCUT2D eigenvalue weighted by atomic mass is 16.5. The molecule has 2 aromatic heterocycles. The SMILES string of the molecule is COC(=O)c1cc2cc(-c3ccc(OCc4ccccc4)nc3OCc3ccccc3)ccc2n1C. The predicted octanol–water partition coefficient (Wildman–Crippen LogP) is 6.18. The summed E-state index contributed by atoms with van der Waals surface area (Å²) >= 11 is 0. The van der Waals surface area contributed by atoms with Crippen molar-refractivity contribution >= 4 is 16.9 Å². The number of carbonyl (C=O) groups is 1. The minimum absolute atomic E-state index is 0.372. The van der Waals surface area contributed by atoms with Crippen LogP contribution in [0.15, 0.2) is 97.1 Å². The van der Waals surface area contributed by atoms with Gasteiger partial charge >= 0.3 is 5.97 Å². The summed E-state index contributed by atoms with van der Waals surface area (Å²) in [5, 5.41) is 0.925. The summed E-state index contributed by atoms with van der Waals surface area (Å²) in [5.41, 5.74) is 5.29. The number of rotatable bonds is 8. The molecular formula is C30H26N2O4. The molecule has 6 nitrogen and oxygen atoms in total. The number of esters is 1. The van der Waals surface area contributed by atoms with Gasteiger partial charge in [-0.25, -0.2) is 4.79 Å². The van der Waals surface area contributed by atoms with Gasteiger partial charge in [0.25, 0.3) is 0 Å². The van der Waals surface area contributed by atoms with Crippen LogP contribution in [0.25, 0.3) is 22.0 Å². The van der Waals surface area contributed by atoms with E-state index in [1.54, 1.807) is 0 Å². The van der Waals surface area contributed by atoms with E-state index in [9.17, 15) is 4.79 Å². The molecule has 0 saturated heterocycles. The zero-order valence-electron chi connectivity index (χ0n) is 20.2. The lowest BCUT2D eigenvalue weighted by molar-refractivity contribution is 0.0590. The number of benzene rings is 3. The first-order valence-electron chi connectivity index (χ1n) is 11.6. The van der Waals surface area contributed by atoms with Crippen LogP contribution < -0.4 is 9.47 Å². The van der Waals surface area contributed by atoms with Crippen LogP contribution >= 0.6 is 0 Å². The molecule has 0 aliphatic heterocycles. The van der Waals surface area contributed by atoms with Gasteiger partial charge in [-0.15, -0.1) is 0 Å². The number of hydrogen-bond acceptors (Lipinski definition) is 5. The number of ether oxygens (including phenoxy) is 3. The standard InChI is InChI=1S/C30H26N2O4/c1-32-26-15-13-23(17-24(26)18-27(32)30(33)34-2)25-14-16-28(35-19-21-9-5-3-6-10-21)31-29(25)36-20-22-11-7-4-8-12-22/h3-18H,19-20H2,1-2H3. The van der Waals surface area contributed by atoms with E-state index in [0.717, 1.165) is 33.2 Å². The Hall–Kier alpha value is -4.58. The molecule has 0 spiro atoms. The van der Waals surface area contributed by atoms with Crippen LogP contribution in [0.1, 0.15) is 21.6 Å². The monoisotopic (exact) mass is 478 g/mol. The first-order chi connectivity index (χ1) is 17.6. The van der Waals surface area contributed by atoms with Crippen molar-refractivity contribution in [1.29, 1.82) is 0 Å². The third-order valence-corrected chi connectivity index (χ3v) is 6.03. The zero-order chi connectivity index (χ0) is 24.9. The molecule has 6 heteroatoms. The van der Waals surface area contributed by atoms with E-state index in [1.807, 2.05) is 109 Å². The van der Waals surface area contributed by atoms with Crippen LogP contribution in [-0.4, -0.2) is 22.6 Å². The molecule has 0 N–H and O–H groups in total.